The normalized spacial score (nSPS) is 20.0. The number of para-hydroxylation sites is 1. The summed E-state index contributed by atoms with van der Waals surface area (Å²) in [4.78, 5) is 26.1. The van der Waals surface area contributed by atoms with Crippen LogP contribution in [-0.2, 0) is 15.8 Å². The minimum atomic E-state index is -4.34. The van der Waals surface area contributed by atoms with Crippen molar-refractivity contribution in [3.05, 3.63) is 59.7 Å². The highest BCUT2D eigenvalue weighted by atomic mass is 32.2. The molecule has 1 saturated carbocycles. The van der Waals surface area contributed by atoms with E-state index in [9.17, 15) is 22.8 Å². The summed E-state index contributed by atoms with van der Waals surface area (Å²) < 4.78 is 43.1. The number of halogens is 3. The number of rotatable bonds is 6. The second-order valence-electron chi connectivity index (χ2n) is 7.04. The average Bonchev–Trinajstić information content (AvgIpc) is 2.67. The molecule has 2 aromatic carbocycles. The number of benzene rings is 2. The van der Waals surface area contributed by atoms with Crippen molar-refractivity contribution in [1.82, 2.24) is 0 Å². The smallest absolute Gasteiger partial charge is 0.416 e. The maximum atomic E-state index is 12.7. The van der Waals surface area contributed by atoms with Crippen LogP contribution >= 0.6 is 11.8 Å². The molecule has 7 heteroatoms. The molecule has 1 aliphatic rings. The van der Waals surface area contributed by atoms with Gasteiger partial charge in [0.05, 0.1) is 12.7 Å². The van der Waals surface area contributed by atoms with Crippen molar-refractivity contribution in [1.29, 1.82) is 0 Å². The lowest BCUT2D eigenvalue weighted by Crippen LogP contribution is -2.32. The van der Waals surface area contributed by atoms with Gasteiger partial charge in [0.25, 0.3) is 0 Å². The number of carbonyl (C=O) groups is 2. The topological polar surface area (TPSA) is 43.4 Å². The number of alkyl halides is 3. The van der Waals surface area contributed by atoms with Crippen molar-refractivity contribution < 1.29 is 27.5 Å². The second kappa shape index (κ2) is 9.03. The first kappa shape index (κ1) is 21.4. The molecular formula is C22H21F3O3S. The van der Waals surface area contributed by atoms with Crippen LogP contribution in [0.4, 0.5) is 13.2 Å². The highest BCUT2D eigenvalue weighted by molar-refractivity contribution is 7.99. The lowest BCUT2D eigenvalue weighted by Gasteiger charge is -2.27. The number of ketones is 2. The Kier molecular flexibility index (Phi) is 6.67. The van der Waals surface area contributed by atoms with Crippen LogP contribution in [0.1, 0.15) is 36.3 Å². The number of hydrogen-bond donors (Lipinski definition) is 0. The van der Waals surface area contributed by atoms with E-state index in [1.54, 1.807) is 24.3 Å². The van der Waals surface area contributed by atoms with Crippen LogP contribution < -0.4 is 4.74 Å². The Labute approximate surface area is 171 Å². The quantitative estimate of drug-likeness (QED) is 0.454. The molecule has 0 atom stereocenters. The fourth-order valence-electron chi connectivity index (χ4n) is 3.60. The average molecular weight is 422 g/mol. The van der Waals surface area contributed by atoms with E-state index in [2.05, 4.69) is 0 Å². The standard InChI is InChI=1S/C22H21F3O3S/c1-28-20-5-3-2-4-17(20)21-18(26)12-14(13-19(21)27)10-11-29-16-8-6-15(7-9-16)22(23,24)25/h2-9,14,21H,10-13H2,1H3. The number of thioether (sulfide) groups is 1. The van der Waals surface area contributed by atoms with Gasteiger partial charge in [-0.1, -0.05) is 18.2 Å². The Morgan fingerprint density at radius 1 is 1.00 bits per heavy atom. The van der Waals surface area contributed by atoms with Crippen LogP contribution in [0.2, 0.25) is 0 Å². The van der Waals surface area contributed by atoms with Gasteiger partial charge in [0.15, 0.2) is 0 Å². The summed E-state index contributed by atoms with van der Waals surface area (Å²) >= 11 is 1.43. The number of carbonyl (C=O) groups excluding carboxylic acids is 2. The van der Waals surface area contributed by atoms with Gasteiger partial charge in [-0.2, -0.15) is 13.2 Å². The predicted octanol–water partition coefficient (Wildman–Crippen LogP) is 5.53. The van der Waals surface area contributed by atoms with Crippen LogP contribution in [0.5, 0.6) is 5.75 Å². The van der Waals surface area contributed by atoms with Crippen LogP contribution in [0.15, 0.2) is 53.4 Å². The van der Waals surface area contributed by atoms with Crippen molar-refractivity contribution >= 4 is 23.3 Å². The summed E-state index contributed by atoms with van der Waals surface area (Å²) in [6, 6.07) is 12.1. The van der Waals surface area contributed by atoms with Gasteiger partial charge in [0.2, 0.25) is 0 Å². The Morgan fingerprint density at radius 2 is 1.62 bits per heavy atom. The summed E-state index contributed by atoms with van der Waals surface area (Å²) in [7, 11) is 1.51. The third kappa shape index (κ3) is 5.21. The minimum Gasteiger partial charge on any atom is -0.496 e. The summed E-state index contributed by atoms with van der Waals surface area (Å²) in [5.74, 6) is 0.157. The van der Waals surface area contributed by atoms with E-state index in [0.717, 1.165) is 17.0 Å². The van der Waals surface area contributed by atoms with Crippen LogP contribution in [-0.4, -0.2) is 24.4 Å². The molecule has 0 aliphatic heterocycles. The highest BCUT2D eigenvalue weighted by Crippen LogP contribution is 2.37. The van der Waals surface area contributed by atoms with E-state index in [1.165, 1.54) is 31.0 Å². The van der Waals surface area contributed by atoms with Crippen LogP contribution in [0.25, 0.3) is 0 Å². The third-order valence-corrected chi connectivity index (χ3v) is 6.10. The summed E-state index contributed by atoms with van der Waals surface area (Å²) in [5, 5.41) is 0. The summed E-state index contributed by atoms with van der Waals surface area (Å²) in [5.41, 5.74) is -0.0599. The lowest BCUT2D eigenvalue weighted by atomic mass is 9.75. The van der Waals surface area contributed by atoms with Crippen LogP contribution in [0.3, 0.4) is 0 Å². The van der Waals surface area contributed by atoms with Crippen LogP contribution in [0, 0.1) is 5.92 Å². The molecule has 0 aromatic heterocycles. The van der Waals surface area contributed by atoms with E-state index in [-0.39, 0.29) is 17.5 Å². The van der Waals surface area contributed by atoms with Gasteiger partial charge in [-0.15, -0.1) is 11.8 Å². The van der Waals surface area contributed by atoms with Gasteiger partial charge >= 0.3 is 6.18 Å². The first-order valence-electron chi connectivity index (χ1n) is 9.28. The van der Waals surface area contributed by atoms with E-state index < -0.39 is 17.7 Å². The molecule has 0 radical (unpaired) electrons. The zero-order chi connectivity index (χ0) is 21.0. The van der Waals surface area contributed by atoms with E-state index in [4.69, 9.17) is 4.74 Å². The molecule has 3 nitrogen and oxygen atoms in total. The molecule has 0 N–H and O–H groups in total. The molecule has 2 aromatic rings. The fourth-order valence-corrected chi connectivity index (χ4v) is 4.61. The van der Waals surface area contributed by atoms with E-state index >= 15 is 0 Å². The number of hydrogen-bond acceptors (Lipinski definition) is 4. The number of ether oxygens (including phenoxy) is 1. The van der Waals surface area contributed by atoms with Crippen molar-refractivity contribution in [3.63, 3.8) is 0 Å². The fraction of sp³-hybridized carbons (Fsp3) is 0.364. The number of methoxy groups -OCH3 is 1. The van der Waals surface area contributed by atoms with Gasteiger partial charge in [-0.3, -0.25) is 9.59 Å². The van der Waals surface area contributed by atoms with Gasteiger partial charge in [0, 0.05) is 23.3 Å². The van der Waals surface area contributed by atoms with Crippen molar-refractivity contribution in [3.8, 4) is 5.75 Å². The maximum absolute atomic E-state index is 12.7. The molecule has 1 fully saturated rings. The zero-order valence-electron chi connectivity index (χ0n) is 15.9. The number of Topliss-reactive ketones (excluding diaryl/α,β-unsaturated/α-hetero) is 2. The molecule has 0 amide bonds. The maximum Gasteiger partial charge on any atom is 0.416 e. The molecule has 154 valence electrons. The zero-order valence-corrected chi connectivity index (χ0v) is 16.7. The molecule has 0 unspecified atom stereocenters. The monoisotopic (exact) mass is 422 g/mol. The molecule has 0 heterocycles. The second-order valence-corrected chi connectivity index (χ2v) is 8.21. The van der Waals surface area contributed by atoms with Gasteiger partial charge in [-0.25, -0.2) is 0 Å². The first-order chi connectivity index (χ1) is 13.8. The minimum absolute atomic E-state index is 0.0390. The Bertz CT molecular complexity index is 860. The molecule has 1 aliphatic carbocycles. The summed E-state index contributed by atoms with van der Waals surface area (Å²) in [6.07, 6.45) is -3.05. The van der Waals surface area contributed by atoms with Crippen molar-refractivity contribution in [2.45, 2.75) is 36.3 Å². The van der Waals surface area contributed by atoms with Crippen molar-refractivity contribution in [2.24, 2.45) is 5.92 Å². The SMILES string of the molecule is COc1ccccc1C1C(=O)CC(CCSc2ccc(C(F)(F)F)cc2)CC1=O. The van der Waals surface area contributed by atoms with E-state index in [1.807, 2.05) is 0 Å². The largest absolute Gasteiger partial charge is 0.496 e. The molecule has 0 spiro atoms. The Balaban J connectivity index is 1.55. The van der Waals surface area contributed by atoms with Gasteiger partial charge in [-0.05, 0) is 48.4 Å². The molecule has 3 rings (SSSR count). The molecule has 0 saturated heterocycles. The van der Waals surface area contributed by atoms with E-state index in [0.29, 0.717) is 36.3 Å². The van der Waals surface area contributed by atoms with Crippen molar-refractivity contribution in [2.75, 3.05) is 12.9 Å². The summed E-state index contributed by atoms with van der Waals surface area (Å²) in [6.45, 7) is 0. The Hall–Kier alpha value is -2.28. The molecule has 0 bridgehead atoms. The van der Waals surface area contributed by atoms with Gasteiger partial charge in [0.1, 0.15) is 23.2 Å². The molecule has 29 heavy (non-hydrogen) atoms. The molecular weight excluding hydrogens is 401 g/mol. The highest BCUT2D eigenvalue weighted by Gasteiger charge is 2.37. The predicted molar refractivity (Wildman–Crippen MR) is 105 cm³/mol. The first-order valence-corrected chi connectivity index (χ1v) is 10.3. The lowest BCUT2D eigenvalue weighted by molar-refractivity contribution is -0.137. The Morgan fingerprint density at radius 3 is 2.21 bits per heavy atom. The third-order valence-electron chi connectivity index (χ3n) is 5.05. The van der Waals surface area contributed by atoms with Gasteiger partial charge < -0.3 is 4.74 Å².